The van der Waals surface area contributed by atoms with E-state index in [2.05, 4.69) is 30.4 Å². The SMILES string of the molecule is FC(F)(F)Oc1cccc(-c2cnc3sc(NCCN4CCNCC4)nn23)c1. The molecule has 1 aliphatic heterocycles. The van der Waals surface area contributed by atoms with Crippen LogP contribution in [0.5, 0.6) is 5.75 Å². The molecule has 0 spiro atoms. The predicted octanol–water partition coefficient (Wildman–Crippen LogP) is 2.67. The standard InChI is InChI=1S/C17H19F3N6OS/c18-17(19,20)27-13-3-1-2-12(10-13)14-11-23-16-26(14)24-15(28-16)22-6-9-25-7-4-21-5-8-25/h1-3,10-11,21H,4-9H2,(H,22,24). The first-order valence-electron chi connectivity index (χ1n) is 8.86. The van der Waals surface area contributed by atoms with Gasteiger partial charge in [0.1, 0.15) is 5.75 Å². The van der Waals surface area contributed by atoms with Crippen LogP contribution in [-0.4, -0.2) is 65.1 Å². The van der Waals surface area contributed by atoms with Crippen molar-refractivity contribution < 1.29 is 17.9 Å². The second-order valence-electron chi connectivity index (χ2n) is 6.34. The van der Waals surface area contributed by atoms with Gasteiger partial charge >= 0.3 is 6.36 Å². The van der Waals surface area contributed by atoms with E-state index >= 15 is 0 Å². The topological polar surface area (TPSA) is 66.7 Å². The molecule has 0 bridgehead atoms. The Morgan fingerprint density at radius 3 is 2.86 bits per heavy atom. The molecule has 0 saturated carbocycles. The van der Waals surface area contributed by atoms with E-state index in [-0.39, 0.29) is 5.75 Å². The summed E-state index contributed by atoms with van der Waals surface area (Å²) in [5.41, 5.74) is 1.15. The summed E-state index contributed by atoms with van der Waals surface area (Å²) in [5.74, 6) is -0.274. The third-order valence-corrected chi connectivity index (χ3v) is 5.24. The third kappa shape index (κ3) is 4.54. The highest BCUT2D eigenvalue weighted by atomic mass is 32.1. The highest BCUT2D eigenvalue weighted by Crippen LogP contribution is 2.30. The lowest BCUT2D eigenvalue weighted by Crippen LogP contribution is -2.45. The van der Waals surface area contributed by atoms with E-state index in [0.717, 1.165) is 44.4 Å². The summed E-state index contributed by atoms with van der Waals surface area (Å²) in [4.78, 5) is 7.36. The van der Waals surface area contributed by atoms with Gasteiger partial charge in [-0.1, -0.05) is 23.5 Å². The zero-order chi connectivity index (χ0) is 19.6. The van der Waals surface area contributed by atoms with Gasteiger partial charge in [0.05, 0.1) is 11.9 Å². The van der Waals surface area contributed by atoms with Crippen molar-refractivity contribution in [2.24, 2.45) is 0 Å². The Labute approximate surface area is 163 Å². The molecule has 1 aromatic carbocycles. The van der Waals surface area contributed by atoms with Gasteiger partial charge in [0.25, 0.3) is 0 Å². The predicted molar refractivity (Wildman–Crippen MR) is 101 cm³/mol. The fraction of sp³-hybridized carbons (Fsp3) is 0.412. The summed E-state index contributed by atoms with van der Waals surface area (Å²) in [7, 11) is 0. The molecule has 0 radical (unpaired) electrons. The molecule has 150 valence electrons. The van der Waals surface area contributed by atoms with E-state index in [1.807, 2.05) is 0 Å². The second kappa shape index (κ2) is 7.94. The average Bonchev–Trinajstić information content (AvgIpc) is 3.21. The number of halogens is 3. The van der Waals surface area contributed by atoms with E-state index in [9.17, 15) is 13.2 Å². The van der Waals surface area contributed by atoms with Crippen LogP contribution in [0.3, 0.4) is 0 Å². The van der Waals surface area contributed by atoms with E-state index in [4.69, 9.17) is 0 Å². The Hall–Kier alpha value is -2.37. The molecule has 4 rings (SSSR count). The van der Waals surface area contributed by atoms with Crippen LogP contribution < -0.4 is 15.4 Å². The van der Waals surface area contributed by atoms with Crippen LogP contribution in [-0.2, 0) is 0 Å². The van der Waals surface area contributed by atoms with Crippen LogP contribution in [0.25, 0.3) is 16.2 Å². The number of rotatable bonds is 6. The molecule has 7 nitrogen and oxygen atoms in total. The van der Waals surface area contributed by atoms with E-state index < -0.39 is 6.36 Å². The van der Waals surface area contributed by atoms with Crippen LogP contribution in [0.2, 0.25) is 0 Å². The van der Waals surface area contributed by atoms with Crippen molar-refractivity contribution in [3.8, 4) is 17.0 Å². The second-order valence-corrected chi connectivity index (χ2v) is 7.30. The number of hydrogen-bond acceptors (Lipinski definition) is 7. The Morgan fingerprint density at radius 1 is 1.25 bits per heavy atom. The molecule has 0 amide bonds. The number of benzene rings is 1. The quantitative estimate of drug-likeness (QED) is 0.649. The van der Waals surface area contributed by atoms with Gasteiger partial charge in [-0.3, -0.25) is 4.90 Å². The van der Waals surface area contributed by atoms with Crippen molar-refractivity contribution in [2.45, 2.75) is 6.36 Å². The number of fused-ring (bicyclic) bond motifs is 1. The number of alkyl halides is 3. The first kappa shape index (κ1) is 19.0. The van der Waals surface area contributed by atoms with E-state index in [0.29, 0.717) is 16.2 Å². The molecule has 1 fully saturated rings. The minimum absolute atomic E-state index is 0.274. The van der Waals surface area contributed by atoms with Gasteiger partial charge in [-0.2, -0.15) is 0 Å². The lowest BCUT2D eigenvalue weighted by molar-refractivity contribution is -0.274. The number of imidazole rings is 1. The maximum absolute atomic E-state index is 12.5. The summed E-state index contributed by atoms with van der Waals surface area (Å²) in [6.45, 7) is 5.76. The minimum Gasteiger partial charge on any atom is -0.406 e. The van der Waals surface area contributed by atoms with Crippen molar-refractivity contribution in [2.75, 3.05) is 44.6 Å². The maximum Gasteiger partial charge on any atom is 0.573 e. The molecule has 3 aromatic rings. The third-order valence-electron chi connectivity index (χ3n) is 4.36. The van der Waals surface area contributed by atoms with Gasteiger partial charge in [-0.05, 0) is 12.1 Å². The fourth-order valence-corrected chi connectivity index (χ4v) is 3.87. The average molecular weight is 412 g/mol. The molecule has 2 N–H and O–H groups in total. The zero-order valence-corrected chi connectivity index (χ0v) is 15.7. The van der Waals surface area contributed by atoms with Crippen LogP contribution in [0, 0.1) is 0 Å². The van der Waals surface area contributed by atoms with E-state index in [1.54, 1.807) is 16.8 Å². The lowest BCUT2D eigenvalue weighted by atomic mass is 10.1. The monoisotopic (exact) mass is 412 g/mol. The summed E-state index contributed by atoms with van der Waals surface area (Å²) in [5, 5.41) is 11.8. The van der Waals surface area contributed by atoms with Crippen LogP contribution in [0.15, 0.2) is 30.5 Å². The smallest absolute Gasteiger partial charge is 0.406 e. The number of nitrogens with one attached hydrogen (secondary N) is 2. The normalized spacial score (nSPS) is 15.8. The summed E-state index contributed by atoms with van der Waals surface area (Å²) in [6, 6.07) is 5.80. The van der Waals surface area contributed by atoms with Crippen LogP contribution >= 0.6 is 11.3 Å². The van der Waals surface area contributed by atoms with Gasteiger partial charge in [0.2, 0.25) is 10.1 Å². The lowest BCUT2D eigenvalue weighted by Gasteiger charge is -2.26. The largest absolute Gasteiger partial charge is 0.573 e. The number of piperazine rings is 1. The molecule has 3 heterocycles. The number of nitrogens with zero attached hydrogens (tertiary/aromatic N) is 4. The first-order valence-corrected chi connectivity index (χ1v) is 9.67. The molecular formula is C17H19F3N6OS. The van der Waals surface area contributed by atoms with Crippen molar-refractivity contribution >= 4 is 21.4 Å². The first-order chi connectivity index (χ1) is 13.5. The molecule has 0 atom stereocenters. The summed E-state index contributed by atoms with van der Waals surface area (Å²) >= 11 is 1.40. The van der Waals surface area contributed by atoms with Crippen molar-refractivity contribution in [3.05, 3.63) is 30.5 Å². The highest BCUT2D eigenvalue weighted by Gasteiger charge is 2.31. The number of ether oxygens (including phenoxy) is 1. The molecule has 11 heteroatoms. The maximum atomic E-state index is 12.5. The van der Waals surface area contributed by atoms with Gasteiger partial charge in [0.15, 0.2) is 0 Å². The van der Waals surface area contributed by atoms with Crippen LogP contribution in [0.1, 0.15) is 0 Å². The van der Waals surface area contributed by atoms with Gasteiger partial charge in [-0.25, -0.2) is 9.50 Å². The molecule has 0 unspecified atom stereocenters. The molecule has 28 heavy (non-hydrogen) atoms. The summed E-state index contributed by atoms with van der Waals surface area (Å²) < 4.78 is 43.0. The van der Waals surface area contributed by atoms with Crippen LogP contribution in [0.4, 0.5) is 18.3 Å². The van der Waals surface area contributed by atoms with Crippen molar-refractivity contribution in [3.63, 3.8) is 0 Å². The minimum atomic E-state index is -4.73. The molecular weight excluding hydrogens is 393 g/mol. The van der Waals surface area contributed by atoms with Gasteiger partial charge in [-0.15, -0.1) is 18.3 Å². The Bertz CT molecular complexity index is 935. The molecule has 1 saturated heterocycles. The Morgan fingerprint density at radius 2 is 2.07 bits per heavy atom. The zero-order valence-electron chi connectivity index (χ0n) is 14.9. The van der Waals surface area contributed by atoms with Crippen molar-refractivity contribution in [1.29, 1.82) is 0 Å². The highest BCUT2D eigenvalue weighted by molar-refractivity contribution is 7.20. The Kier molecular flexibility index (Phi) is 5.38. The fourth-order valence-electron chi connectivity index (χ4n) is 3.07. The number of aromatic nitrogens is 3. The van der Waals surface area contributed by atoms with E-state index in [1.165, 1.54) is 29.5 Å². The number of hydrogen-bond donors (Lipinski definition) is 2. The van der Waals surface area contributed by atoms with Gasteiger partial charge < -0.3 is 15.4 Å². The summed E-state index contributed by atoms with van der Waals surface area (Å²) in [6.07, 6.45) is -3.14. The molecule has 1 aliphatic rings. The Balaban J connectivity index is 1.46. The molecule has 0 aliphatic carbocycles. The van der Waals surface area contributed by atoms with Gasteiger partial charge in [0, 0.05) is 44.8 Å². The van der Waals surface area contributed by atoms with Crippen molar-refractivity contribution in [1.82, 2.24) is 24.8 Å². The molecule has 2 aromatic heterocycles. The number of anilines is 1.